The average Bonchev–Trinajstić information content (AvgIpc) is 2.82. The van der Waals surface area contributed by atoms with E-state index in [1.807, 2.05) is 55.5 Å². The minimum atomic E-state index is -0.517. The number of carbonyl (C=O) groups excluding carboxylic acids is 2. The van der Waals surface area contributed by atoms with Crippen molar-refractivity contribution < 1.29 is 9.59 Å². The van der Waals surface area contributed by atoms with Gasteiger partial charge in [0.15, 0.2) is 0 Å². The monoisotopic (exact) mass is 506 g/mol. The van der Waals surface area contributed by atoms with Crippen LogP contribution in [0, 0.1) is 0 Å². The molecular formula is C26H32Cl2N2O2S. The minimum absolute atomic E-state index is 0.0398. The lowest BCUT2D eigenvalue weighted by atomic mass is 9.95. The molecule has 1 aliphatic carbocycles. The fourth-order valence-electron chi connectivity index (χ4n) is 4.20. The molecule has 2 amide bonds. The van der Waals surface area contributed by atoms with Crippen molar-refractivity contribution in [2.75, 3.05) is 5.75 Å². The molecule has 0 saturated heterocycles. The third kappa shape index (κ3) is 7.94. The van der Waals surface area contributed by atoms with Crippen LogP contribution in [0.1, 0.15) is 57.4 Å². The van der Waals surface area contributed by atoms with Gasteiger partial charge >= 0.3 is 0 Å². The second-order valence-corrected chi connectivity index (χ2v) is 10.4. The summed E-state index contributed by atoms with van der Waals surface area (Å²) in [5.41, 5.74) is 0.849. The molecule has 0 spiro atoms. The minimum Gasteiger partial charge on any atom is -0.352 e. The Morgan fingerprint density at radius 3 is 2.42 bits per heavy atom. The van der Waals surface area contributed by atoms with E-state index >= 15 is 0 Å². The summed E-state index contributed by atoms with van der Waals surface area (Å²) in [6.45, 7) is 2.28. The normalized spacial score (nSPS) is 15.1. The Labute approximate surface area is 211 Å². The zero-order valence-electron chi connectivity index (χ0n) is 19.1. The Hall–Kier alpha value is -1.69. The van der Waals surface area contributed by atoms with Crippen LogP contribution >= 0.6 is 35.0 Å². The predicted molar refractivity (Wildman–Crippen MR) is 138 cm³/mol. The maximum absolute atomic E-state index is 13.4. The average molecular weight is 508 g/mol. The lowest BCUT2D eigenvalue weighted by Crippen LogP contribution is -2.51. The van der Waals surface area contributed by atoms with Gasteiger partial charge in [0, 0.05) is 39.7 Å². The highest BCUT2D eigenvalue weighted by atomic mass is 35.5. The van der Waals surface area contributed by atoms with E-state index in [9.17, 15) is 9.59 Å². The van der Waals surface area contributed by atoms with Gasteiger partial charge < -0.3 is 10.2 Å². The number of nitrogens with zero attached hydrogens (tertiary/aromatic N) is 1. The van der Waals surface area contributed by atoms with Crippen LogP contribution in [0.2, 0.25) is 10.0 Å². The van der Waals surface area contributed by atoms with Crippen molar-refractivity contribution in [3.8, 4) is 0 Å². The molecule has 0 heterocycles. The van der Waals surface area contributed by atoms with Gasteiger partial charge in [-0.3, -0.25) is 9.59 Å². The number of rotatable bonds is 10. The number of halogens is 2. The standard InChI is InChI=1S/C26H32Cl2N2O2S/c1-2-24(26(32)29-21-9-4-3-5-10-21)30(18-19-8-6-7-11-23(19)28)25(31)16-17-33-22-14-12-20(27)13-15-22/h6-8,11-15,21,24H,2-5,9-10,16-18H2,1H3,(H,29,32)/t24-/m0/s1. The molecule has 1 atom stereocenters. The molecule has 3 rings (SSSR count). The molecule has 1 aliphatic rings. The van der Waals surface area contributed by atoms with Gasteiger partial charge in [0.2, 0.25) is 11.8 Å². The molecule has 1 fully saturated rings. The topological polar surface area (TPSA) is 49.4 Å². The van der Waals surface area contributed by atoms with E-state index in [-0.39, 0.29) is 17.9 Å². The summed E-state index contributed by atoms with van der Waals surface area (Å²) in [5, 5.41) is 4.51. The van der Waals surface area contributed by atoms with Crippen molar-refractivity contribution in [1.82, 2.24) is 10.2 Å². The third-order valence-electron chi connectivity index (χ3n) is 6.03. The molecule has 2 aromatic rings. The Kier molecular flexibility index (Phi) is 10.4. The van der Waals surface area contributed by atoms with Crippen molar-refractivity contribution >= 4 is 46.8 Å². The highest BCUT2D eigenvalue weighted by Gasteiger charge is 2.30. The summed E-state index contributed by atoms with van der Waals surface area (Å²) in [6, 6.07) is 14.8. The van der Waals surface area contributed by atoms with Crippen LogP contribution < -0.4 is 5.32 Å². The van der Waals surface area contributed by atoms with Gasteiger partial charge in [0.05, 0.1) is 0 Å². The molecule has 2 aromatic carbocycles. The van der Waals surface area contributed by atoms with Crippen LogP contribution in [0.4, 0.5) is 0 Å². The van der Waals surface area contributed by atoms with Crippen molar-refractivity contribution in [2.24, 2.45) is 0 Å². The number of carbonyl (C=O) groups is 2. The van der Waals surface area contributed by atoms with E-state index in [0.717, 1.165) is 36.1 Å². The summed E-state index contributed by atoms with van der Waals surface area (Å²) < 4.78 is 0. The van der Waals surface area contributed by atoms with Crippen molar-refractivity contribution in [3.05, 3.63) is 64.1 Å². The highest BCUT2D eigenvalue weighted by Crippen LogP contribution is 2.24. The molecule has 0 unspecified atom stereocenters. The predicted octanol–water partition coefficient (Wildman–Crippen LogP) is 6.73. The smallest absolute Gasteiger partial charge is 0.243 e. The van der Waals surface area contributed by atoms with Crippen LogP contribution in [0.3, 0.4) is 0 Å². The highest BCUT2D eigenvalue weighted by molar-refractivity contribution is 7.99. The van der Waals surface area contributed by atoms with Crippen molar-refractivity contribution in [1.29, 1.82) is 0 Å². The van der Waals surface area contributed by atoms with Gasteiger partial charge in [0.25, 0.3) is 0 Å². The molecule has 0 radical (unpaired) electrons. The Bertz CT molecular complexity index is 917. The van der Waals surface area contributed by atoms with Crippen LogP contribution in [0.25, 0.3) is 0 Å². The summed E-state index contributed by atoms with van der Waals surface area (Å²) >= 11 is 14.0. The summed E-state index contributed by atoms with van der Waals surface area (Å²) in [4.78, 5) is 29.4. The maximum Gasteiger partial charge on any atom is 0.243 e. The molecule has 7 heteroatoms. The molecule has 1 N–H and O–H groups in total. The lowest BCUT2D eigenvalue weighted by Gasteiger charge is -2.33. The van der Waals surface area contributed by atoms with E-state index in [0.29, 0.717) is 35.2 Å². The van der Waals surface area contributed by atoms with Gasteiger partial charge in [-0.15, -0.1) is 11.8 Å². The summed E-state index contributed by atoms with van der Waals surface area (Å²) in [5.74, 6) is 0.525. The van der Waals surface area contributed by atoms with E-state index in [1.54, 1.807) is 16.7 Å². The number of nitrogens with one attached hydrogen (secondary N) is 1. The first-order chi connectivity index (χ1) is 16.0. The van der Waals surface area contributed by atoms with Crippen molar-refractivity contribution in [3.63, 3.8) is 0 Å². The second kappa shape index (κ2) is 13.3. The zero-order valence-corrected chi connectivity index (χ0v) is 21.4. The second-order valence-electron chi connectivity index (χ2n) is 8.43. The Morgan fingerprint density at radius 2 is 1.76 bits per heavy atom. The van der Waals surface area contributed by atoms with Gasteiger partial charge in [-0.1, -0.05) is 67.6 Å². The van der Waals surface area contributed by atoms with E-state index in [2.05, 4.69) is 5.32 Å². The molecule has 33 heavy (non-hydrogen) atoms. The Morgan fingerprint density at radius 1 is 1.06 bits per heavy atom. The molecular weight excluding hydrogens is 475 g/mol. The first-order valence-corrected chi connectivity index (χ1v) is 13.4. The van der Waals surface area contributed by atoms with Crippen LogP contribution in [-0.2, 0) is 16.1 Å². The fourth-order valence-corrected chi connectivity index (χ4v) is 5.37. The quantitative estimate of drug-likeness (QED) is 0.363. The molecule has 178 valence electrons. The van der Waals surface area contributed by atoms with E-state index in [4.69, 9.17) is 23.2 Å². The molecule has 0 bridgehead atoms. The van der Waals surface area contributed by atoms with E-state index < -0.39 is 6.04 Å². The van der Waals surface area contributed by atoms with Gasteiger partial charge in [-0.2, -0.15) is 0 Å². The van der Waals surface area contributed by atoms with Gasteiger partial charge in [0.1, 0.15) is 6.04 Å². The number of benzene rings is 2. The van der Waals surface area contributed by atoms with Crippen molar-refractivity contribution in [2.45, 2.75) is 75.4 Å². The van der Waals surface area contributed by atoms with Crippen LogP contribution in [-0.4, -0.2) is 34.6 Å². The van der Waals surface area contributed by atoms with Gasteiger partial charge in [-0.05, 0) is 55.2 Å². The van der Waals surface area contributed by atoms with E-state index in [1.165, 1.54) is 6.42 Å². The summed E-state index contributed by atoms with van der Waals surface area (Å²) in [6.07, 6.45) is 6.44. The zero-order chi connectivity index (χ0) is 23.6. The summed E-state index contributed by atoms with van der Waals surface area (Å²) in [7, 11) is 0. The number of thioether (sulfide) groups is 1. The van der Waals surface area contributed by atoms with Crippen LogP contribution in [0.15, 0.2) is 53.4 Å². The SMILES string of the molecule is CC[C@@H](C(=O)NC1CCCCC1)N(Cc1ccccc1Cl)C(=O)CCSc1ccc(Cl)cc1. The van der Waals surface area contributed by atoms with Crippen LogP contribution in [0.5, 0.6) is 0 Å². The number of hydrogen-bond donors (Lipinski definition) is 1. The fraction of sp³-hybridized carbons (Fsp3) is 0.462. The lowest BCUT2D eigenvalue weighted by molar-refractivity contribution is -0.141. The first-order valence-electron chi connectivity index (χ1n) is 11.7. The Balaban J connectivity index is 1.70. The maximum atomic E-state index is 13.4. The molecule has 1 saturated carbocycles. The largest absolute Gasteiger partial charge is 0.352 e. The number of amides is 2. The third-order valence-corrected chi connectivity index (χ3v) is 7.67. The molecule has 0 aliphatic heterocycles. The van der Waals surface area contributed by atoms with Gasteiger partial charge in [-0.25, -0.2) is 0 Å². The molecule has 0 aromatic heterocycles. The number of hydrogen-bond acceptors (Lipinski definition) is 3. The first kappa shape index (κ1) is 25.9. The molecule has 4 nitrogen and oxygen atoms in total.